The average molecular weight is 248 g/mol. The Morgan fingerprint density at radius 2 is 2.28 bits per heavy atom. The Bertz CT molecular complexity index is 380. The van der Waals surface area contributed by atoms with Gasteiger partial charge in [0.1, 0.15) is 0 Å². The first-order valence-corrected chi connectivity index (χ1v) is 6.82. The Balaban J connectivity index is 2.12. The van der Waals surface area contributed by atoms with Crippen molar-refractivity contribution in [1.29, 1.82) is 0 Å². The zero-order chi connectivity index (χ0) is 13.0. The van der Waals surface area contributed by atoms with Gasteiger partial charge in [-0.15, -0.1) is 0 Å². The Kier molecular flexibility index (Phi) is 4.55. The molecule has 4 nitrogen and oxygen atoms in total. The molecule has 1 aliphatic rings. The van der Waals surface area contributed by atoms with Crippen LogP contribution in [0.5, 0.6) is 0 Å². The van der Waals surface area contributed by atoms with Crippen molar-refractivity contribution in [3.63, 3.8) is 0 Å². The largest absolute Gasteiger partial charge is 0.368 e. The fourth-order valence-electron chi connectivity index (χ4n) is 2.74. The monoisotopic (exact) mass is 248 g/mol. The first-order valence-electron chi connectivity index (χ1n) is 6.82. The zero-order valence-electron chi connectivity index (χ0n) is 11.7. The number of hydrogen-bond donors (Lipinski definition) is 1. The van der Waals surface area contributed by atoms with E-state index >= 15 is 0 Å². The highest BCUT2D eigenvalue weighted by Gasteiger charge is 2.23. The van der Waals surface area contributed by atoms with E-state index in [1.807, 2.05) is 19.4 Å². The summed E-state index contributed by atoms with van der Waals surface area (Å²) in [4.78, 5) is 9.26. The van der Waals surface area contributed by atoms with Gasteiger partial charge in [-0.2, -0.15) is 0 Å². The van der Waals surface area contributed by atoms with E-state index in [2.05, 4.69) is 40.0 Å². The Morgan fingerprint density at radius 1 is 1.44 bits per heavy atom. The number of nitrogens with zero attached hydrogens (tertiary/aromatic N) is 3. The lowest BCUT2D eigenvalue weighted by Gasteiger charge is -2.41. The summed E-state index contributed by atoms with van der Waals surface area (Å²) in [6.07, 6.45) is 3.87. The molecule has 100 valence electrons. The van der Waals surface area contributed by atoms with Crippen LogP contribution in [-0.4, -0.2) is 49.2 Å². The van der Waals surface area contributed by atoms with Crippen LogP contribution < -0.4 is 10.2 Å². The Labute approximate surface area is 110 Å². The Morgan fingerprint density at radius 3 is 2.94 bits per heavy atom. The van der Waals surface area contributed by atoms with E-state index in [0.717, 1.165) is 32.7 Å². The predicted octanol–water partition coefficient (Wildman–Crippen LogP) is 1.33. The summed E-state index contributed by atoms with van der Waals surface area (Å²) < 4.78 is 0. The van der Waals surface area contributed by atoms with Crippen molar-refractivity contribution in [2.24, 2.45) is 0 Å². The van der Waals surface area contributed by atoms with E-state index in [9.17, 15) is 0 Å². The van der Waals surface area contributed by atoms with Crippen LogP contribution in [0.3, 0.4) is 0 Å². The Hall–Kier alpha value is -1.13. The normalized spacial score (nSPS) is 21.3. The van der Waals surface area contributed by atoms with Crippen molar-refractivity contribution in [3.05, 3.63) is 24.0 Å². The minimum absolute atomic E-state index is 0.624. The van der Waals surface area contributed by atoms with Crippen LogP contribution in [0.25, 0.3) is 0 Å². The van der Waals surface area contributed by atoms with Crippen molar-refractivity contribution in [2.75, 3.05) is 38.1 Å². The first-order chi connectivity index (χ1) is 8.76. The van der Waals surface area contributed by atoms with Gasteiger partial charge in [-0.05, 0) is 26.6 Å². The molecule has 1 aliphatic heterocycles. The minimum atomic E-state index is 0.624. The molecule has 1 aromatic heterocycles. The van der Waals surface area contributed by atoms with Crippen LogP contribution in [0.4, 0.5) is 5.69 Å². The molecule has 0 aromatic carbocycles. The average Bonchev–Trinajstić information content (AvgIpc) is 2.40. The van der Waals surface area contributed by atoms with E-state index in [0.29, 0.717) is 6.04 Å². The topological polar surface area (TPSA) is 31.4 Å². The summed E-state index contributed by atoms with van der Waals surface area (Å²) >= 11 is 0. The highest BCUT2D eigenvalue weighted by molar-refractivity contribution is 5.52. The van der Waals surface area contributed by atoms with Gasteiger partial charge >= 0.3 is 0 Å². The van der Waals surface area contributed by atoms with Crippen LogP contribution in [0, 0.1) is 0 Å². The van der Waals surface area contributed by atoms with Crippen LogP contribution in [0.15, 0.2) is 18.5 Å². The van der Waals surface area contributed by atoms with E-state index in [-0.39, 0.29) is 0 Å². The molecule has 1 N–H and O–H groups in total. The van der Waals surface area contributed by atoms with Crippen LogP contribution in [-0.2, 0) is 6.54 Å². The molecular formula is C14H24N4. The molecule has 0 spiro atoms. The number of rotatable bonds is 4. The molecule has 4 heteroatoms. The summed E-state index contributed by atoms with van der Waals surface area (Å²) in [7, 11) is 1.98. The molecule has 1 unspecified atom stereocenters. The summed E-state index contributed by atoms with van der Waals surface area (Å²) in [5.41, 5.74) is 2.62. The number of hydrogen-bond acceptors (Lipinski definition) is 4. The number of likely N-dealkylation sites (N-methyl/N-ethyl adjacent to an activating group) is 1. The van der Waals surface area contributed by atoms with E-state index in [4.69, 9.17) is 0 Å². The van der Waals surface area contributed by atoms with Crippen molar-refractivity contribution in [1.82, 2.24) is 15.2 Å². The van der Waals surface area contributed by atoms with Gasteiger partial charge in [0.05, 0.1) is 0 Å². The number of aromatic nitrogens is 1. The lowest BCUT2D eigenvalue weighted by Crippen LogP contribution is -2.52. The van der Waals surface area contributed by atoms with Gasteiger partial charge in [0.2, 0.25) is 0 Å². The van der Waals surface area contributed by atoms with Gasteiger partial charge in [-0.1, -0.05) is 6.92 Å². The smallest absolute Gasteiger partial charge is 0.0443 e. The summed E-state index contributed by atoms with van der Waals surface area (Å²) in [5.74, 6) is 0. The zero-order valence-corrected chi connectivity index (χ0v) is 11.7. The number of piperazine rings is 1. The SMILES string of the molecule is CCN1CCN(c2ccncc2CNC)CC1C. The van der Waals surface area contributed by atoms with Gasteiger partial charge in [-0.25, -0.2) is 0 Å². The third-order valence-electron chi connectivity index (χ3n) is 3.76. The molecule has 0 amide bonds. The van der Waals surface area contributed by atoms with Crippen molar-refractivity contribution < 1.29 is 0 Å². The molecule has 0 bridgehead atoms. The molecule has 2 heterocycles. The standard InChI is InChI=1S/C14H24N4/c1-4-17-7-8-18(11-12(17)2)14-5-6-16-10-13(14)9-15-3/h5-6,10,12,15H,4,7-9,11H2,1-3H3. The van der Waals surface area contributed by atoms with Crippen LogP contribution in [0.1, 0.15) is 19.4 Å². The lowest BCUT2D eigenvalue weighted by atomic mass is 10.1. The summed E-state index contributed by atoms with van der Waals surface area (Å²) in [6, 6.07) is 2.76. The predicted molar refractivity (Wildman–Crippen MR) is 75.9 cm³/mol. The summed E-state index contributed by atoms with van der Waals surface area (Å²) in [5, 5.41) is 3.22. The van der Waals surface area contributed by atoms with Gasteiger partial charge in [0.15, 0.2) is 0 Å². The molecule has 0 aliphatic carbocycles. The molecule has 2 rings (SSSR count). The van der Waals surface area contributed by atoms with Crippen LogP contribution in [0.2, 0.25) is 0 Å². The maximum Gasteiger partial charge on any atom is 0.0443 e. The van der Waals surface area contributed by atoms with Crippen molar-refractivity contribution in [3.8, 4) is 0 Å². The fraction of sp³-hybridized carbons (Fsp3) is 0.643. The van der Waals surface area contributed by atoms with E-state index in [1.165, 1.54) is 11.3 Å². The summed E-state index contributed by atoms with van der Waals surface area (Å²) in [6.45, 7) is 9.95. The maximum absolute atomic E-state index is 4.23. The number of nitrogens with one attached hydrogen (secondary N) is 1. The highest BCUT2D eigenvalue weighted by Crippen LogP contribution is 2.22. The van der Waals surface area contributed by atoms with E-state index in [1.54, 1.807) is 0 Å². The molecule has 1 atom stereocenters. The number of anilines is 1. The number of pyridine rings is 1. The second-order valence-electron chi connectivity index (χ2n) is 4.96. The molecule has 0 radical (unpaired) electrons. The van der Waals surface area contributed by atoms with Gasteiger partial charge in [0, 0.05) is 55.9 Å². The second kappa shape index (κ2) is 6.16. The third-order valence-corrected chi connectivity index (χ3v) is 3.76. The van der Waals surface area contributed by atoms with Crippen molar-refractivity contribution >= 4 is 5.69 Å². The van der Waals surface area contributed by atoms with Gasteiger partial charge in [0.25, 0.3) is 0 Å². The van der Waals surface area contributed by atoms with Crippen molar-refractivity contribution in [2.45, 2.75) is 26.4 Å². The van der Waals surface area contributed by atoms with Crippen LogP contribution >= 0.6 is 0 Å². The minimum Gasteiger partial charge on any atom is -0.368 e. The molecule has 18 heavy (non-hydrogen) atoms. The molecule has 1 aromatic rings. The highest BCUT2D eigenvalue weighted by atomic mass is 15.3. The lowest BCUT2D eigenvalue weighted by molar-refractivity contribution is 0.199. The first kappa shape index (κ1) is 13.3. The molecule has 0 saturated carbocycles. The van der Waals surface area contributed by atoms with Gasteiger partial charge < -0.3 is 10.2 Å². The molecule has 1 saturated heterocycles. The maximum atomic E-state index is 4.23. The van der Waals surface area contributed by atoms with E-state index < -0.39 is 0 Å². The quantitative estimate of drug-likeness (QED) is 0.871. The fourth-order valence-corrected chi connectivity index (χ4v) is 2.74. The molecular weight excluding hydrogens is 224 g/mol. The molecule has 1 fully saturated rings. The second-order valence-corrected chi connectivity index (χ2v) is 4.96. The van der Waals surface area contributed by atoms with Gasteiger partial charge in [-0.3, -0.25) is 9.88 Å². The third kappa shape index (κ3) is 2.82.